The zero-order valence-electron chi connectivity index (χ0n) is 8.97. The summed E-state index contributed by atoms with van der Waals surface area (Å²) < 4.78 is 10.2. The van der Waals surface area contributed by atoms with Crippen molar-refractivity contribution in [3.8, 4) is 0 Å². The van der Waals surface area contributed by atoms with E-state index < -0.39 is 0 Å². The van der Waals surface area contributed by atoms with E-state index in [1.807, 2.05) is 13.0 Å². The maximum Gasteiger partial charge on any atom is 0.170 e. The van der Waals surface area contributed by atoms with Crippen molar-refractivity contribution < 1.29 is 4.42 Å². The number of nitrogens with zero attached hydrogens (tertiary/aromatic N) is 2. The molecule has 0 aliphatic carbocycles. The number of rotatable bonds is 6. The Hall–Kier alpha value is -0.850. The number of hydrogen-bond acceptors (Lipinski definition) is 6. The Balaban J connectivity index is 1.59. The Morgan fingerprint density at radius 3 is 3.19 bits per heavy atom. The lowest BCUT2D eigenvalue weighted by Gasteiger charge is -2.00. The van der Waals surface area contributed by atoms with Crippen LogP contribution in [0.1, 0.15) is 11.4 Å². The van der Waals surface area contributed by atoms with Gasteiger partial charge in [-0.05, 0) is 24.5 Å². The summed E-state index contributed by atoms with van der Waals surface area (Å²) in [6.45, 7) is 3.72. The average Bonchev–Trinajstić information content (AvgIpc) is 2.89. The molecule has 0 bridgehead atoms. The van der Waals surface area contributed by atoms with Crippen molar-refractivity contribution >= 4 is 23.3 Å². The molecule has 0 aliphatic rings. The Labute approximate surface area is 103 Å². The van der Waals surface area contributed by atoms with Gasteiger partial charge in [-0.3, -0.25) is 0 Å². The van der Waals surface area contributed by atoms with Gasteiger partial charge >= 0.3 is 0 Å². The summed E-state index contributed by atoms with van der Waals surface area (Å²) >= 11 is 3.20. The summed E-state index contributed by atoms with van der Waals surface area (Å²) in [6.07, 6.45) is 3.45. The fourth-order valence-corrected chi connectivity index (χ4v) is 2.79. The molecule has 0 radical (unpaired) electrons. The van der Waals surface area contributed by atoms with E-state index in [1.165, 1.54) is 17.1 Å². The van der Waals surface area contributed by atoms with Crippen molar-refractivity contribution in [1.82, 2.24) is 14.7 Å². The third-order valence-electron chi connectivity index (χ3n) is 1.92. The zero-order valence-corrected chi connectivity index (χ0v) is 10.6. The number of nitrogens with one attached hydrogen (secondary N) is 1. The Bertz CT molecular complexity index is 413. The molecule has 2 heterocycles. The highest BCUT2D eigenvalue weighted by Gasteiger charge is 2.00. The Morgan fingerprint density at radius 1 is 1.56 bits per heavy atom. The van der Waals surface area contributed by atoms with E-state index in [0.29, 0.717) is 0 Å². The van der Waals surface area contributed by atoms with Crippen molar-refractivity contribution in [2.75, 3.05) is 12.3 Å². The average molecular weight is 255 g/mol. The van der Waals surface area contributed by atoms with Crippen LogP contribution >= 0.6 is 23.3 Å². The summed E-state index contributed by atoms with van der Waals surface area (Å²) in [7, 11) is 0. The van der Waals surface area contributed by atoms with E-state index in [2.05, 4.69) is 14.7 Å². The number of hydrogen-bond donors (Lipinski definition) is 1. The van der Waals surface area contributed by atoms with E-state index >= 15 is 0 Å². The van der Waals surface area contributed by atoms with Crippen LogP contribution in [-0.2, 0) is 6.54 Å². The first-order valence-corrected chi connectivity index (χ1v) is 6.75. The van der Waals surface area contributed by atoms with Gasteiger partial charge in [-0.15, -0.1) is 0 Å². The molecule has 6 heteroatoms. The van der Waals surface area contributed by atoms with E-state index in [-0.39, 0.29) is 0 Å². The van der Waals surface area contributed by atoms with Gasteiger partial charge in [-0.2, -0.15) is 4.37 Å². The van der Waals surface area contributed by atoms with Gasteiger partial charge in [0.25, 0.3) is 0 Å². The Morgan fingerprint density at radius 2 is 2.50 bits per heavy atom. The Kier molecular flexibility index (Phi) is 4.38. The van der Waals surface area contributed by atoms with Crippen LogP contribution in [0.15, 0.2) is 27.3 Å². The normalized spacial score (nSPS) is 10.8. The van der Waals surface area contributed by atoms with Crippen LogP contribution in [0.5, 0.6) is 0 Å². The second-order valence-corrected chi connectivity index (χ2v) is 5.36. The summed E-state index contributed by atoms with van der Waals surface area (Å²) in [5, 5.41) is 3.34. The highest BCUT2D eigenvalue weighted by Crippen LogP contribution is 2.18. The quantitative estimate of drug-likeness (QED) is 0.634. The van der Waals surface area contributed by atoms with Gasteiger partial charge in [0, 0.05) is 24.4 Å². The third kappa shape index (κ3) is 3.62. The summed E-state index contributed by atoms with van der Waals surface area (Å²) in [4.78, 5) is 4.29. The molecule has 0 aromatic carbocycles. The van der Waals surface area contributed by atoms with Crippen molar-refractivity contribution in [3.05, 3.63) is 30.0 Å². The molecule has 0 fully saturated rings. The van der Waals surface area contributed by atoms with Gasteiger partial charge in [-0.1, -0.05) is 11.8 Å². The predicted octanol–water partition coefficient (Wildman–Crippen LogP) is 2.32. The maximum atomic E-state index is 4.98. The zero-order chi connectivity index (χ0) is 11.2. The van der Waals surface area contributed by atoms with Gasteiger partial charge < -0.3 is 9.73 Å². The first-order valence-electron chi connectivity index (χ1n) is 4.99. The van der Waals surface area contributed by atoms with Crippen LogP contribution in [0.3, 0.4) is 0 Å². The molecule has 0 saturated heterocycles. The molecule has 0 unspecified atom stereocenters. The van der Waals surface area contributed by atoms with Gasteiger partial charge in [0.1, 0.15) is 5.82 Å². The topological polar surface area (TPSA) is 51.0 Å². The van der Waals surface area contributed by atoms with Crippen LogP contribution < -0.4 is 5.32 Å². The van der Waals surface area contributed by atoms with Crippen molar-refractivity contribution in [3.63, 3.8) is 0 Å². The van der Waals surface area contributed by atoms with Gasteiger partial charge in [0.05, 0.1) is 12.5 Å². The molecule has 0 spiro atoms. The minimum absolute atomic E-state index is 0.853. The smallest absolute Gasteiger partial charge is 0.170 e. The predicted molar refractivity (Wildman–Crippen MR) is 65.8 cm³/mol. The van der Waals surface area contributed by atoms with Crippen LogP contribution in [0, 0.1) is 6.92 Å². The lowest BCUT2D eigenvalue weighted by molar-refractivity contribution is 0.561. The number of aromatic nitrogens is 2. The first kappa shape index (κ1) is 11.6. The second-order valence-electron chi connectivity index (χ2n) is 3.26. The molecule has 16 heavy (non-hydrogen) atoms. The SMILES string of the molecule is Cc1nsc(SCCNCc2ccoc2)n1. The highest BCUT2D eigenvalue weighted by atomic mass is 32.2. The molecule has 1 N–H and O–H groups in total. The van der Waals surface area contributed by atoms with Crippen LogP contribution in [-0.4, -0.2) is 21.7 Å². The van der Waals surface area contributed by atoms with E-state index in [0.717, 1.165) is 29.0 Å². The largest absolute Gasteiger partial charge is 0.472 e. The minimum atomic E-state index is 0.853. The first-order chi connectivity index (χ1) is 7.84. The second kappa shape index (κ2) is 6.03. The fraction of sp³-hybridized carbons (Fsp3) is 0.400. The third-order valence-corrected chi connectivity index (χ3v) is 3.85. The van der Waals surface area contributed by atoms with E-state index in [1.54, 1.807) is 24.3 Å². The minimum Gasteiger partial charge on any atom is -0.472 e. The summed E-state index contributed by atoms with van der Waals surface area (Å²) in [5.41, 5.74) is 1.18. The molecule has 2 aromatic heterocycles. The van der Waals surface area contributed by atoms with Crippen LogP contribution in [0.25, 0.3) is 0 Å². The monoisotopic (exact) mass is 255 g/mol. The molecule has 0 atom stereocenters. The molecular formula is C10H13N3OS2. The number of thioether (sulfide) groups is 1. The van der Waals surface area contributed by atoms with E-state index in [4.69, 9.17) is 4.42 Å². The van der Waals surface area contributed by atoms with Crippen LogP contribution in [0.4, 0.5) is 0 Å². The van der Waals surface area contributed by atoms with Gasteiger partial charge in [-0.25, -0.2) is 4.98 Å². The van der Waals surface area contributed by atoms with Crippen molar-refractivity contribution in [1.29, 1.82) is 0 Å². The number of furan rings is 1. The summed E-state index contributed by atoms with van der Waals surface area (Å²) in [6, 6.07) is 1.97. The molecular weight excluding hydrogens is 242 g/mol. The molecule has 0 saturated carbocycles. The molecule has 2 aromatic rings. The fourth-order valence-electron chi connectivity index (χ4n) is 1.17. The standard InChI is InChI=1S/C10H13N3OS2/c1-8-12-10(16-13-8)15-5-3-11-6-9-2-4-14-7-9/h2,4,7,11H,3,5-6H2,1H3. The van der Waals surface area contributed by atoms with Gasteiger partial charge in [0.2, 0.25) is 0 Å². The maximum absolute atomic E-state index is 4.98. The number of aryl methyl sites for hydroxylation is 1. The molecule has 86 valence electrons. The summed E-state index contributed by atoms with van der Waals surface area (Å²) in [5.74, 6) is 1.87. The lowest BCUT2D eigenvalue weighted by atomic mass is 10.3. The molecule has 0 aliphatic heterocycles. The van der Waals surface area contributed by atoms with Crippen molar-refractivity contribution in [2.45, 2.75) is 17.8 Å². The van der Waals surface area contributed by atoms with Crippen LogP contribution in [0.2, 0.25) is 0 Å². The van der Waals surface area contributed by atoms with Crippen molar-refractivity contribution in [2.24, 2.45) is 0 Å². The molecule has 2 rings (SSSR count). The van der Waals surface area contributed by atoms with E-state index in [9.17, 15) is 0 Å². The van der Waals surface area contributed by atoms with Gasteiger partial charge in [0.15, 0.2) is 4.34 Å². The lowest BCUT2D eigenvalue weighted by Crippen LogP contribution is -2.15. The molecule has 4 nitrogen and oxygen atoms in total. The molecule has 0 amide bonds. The highest BCUT2D eigenvalue weighted by molar-refractivity contribution is 8.00.